The number of unbranched alkanes of at least 4 members (excludes halogenated alkanes) is 36. The van der Waals surface area contributed by atoms with E-state index < -0.39 is 6.10 Å². The quantitative estimate of drug-likeness (QED) is 0.0345. The van der Waals surface area contributed by atoms with E-state index in [9.17, 15) is 14.4 Å². The van der Waals surface area contributed by atoms with Gasteiger partial charge in [0.15, 0.2) is 6.10 Å². The summed E-state index contributed by atoms with van der Waals surface area (Å²) in [6.07, 6.45) is 50.9. The van der Waals surface area contributed by atoms with Gasteiger partial charge in [-0.05, 0) is 25.2 Å². The zero-order chi connectivity index (χ0) is 43.8. The molecule has 0 radical (unpaired) electrons. The third-order valence-electron chi connectivity index (χ3n) is 12.3. The number of rotatable bonds is 49. The first-order valence-corrected chi connectivity index (χ1v) is 26.9. The van der Waals surface area contributed by atoms with Gasteiger partial charge in [0, 0.05) is 19.3 Å². The average Bonchev–Trinajstić information content (AvgIpc) is 3.23. The van der Waals surface area contributed by atoms with Crippen LogP contribution in [0.2, 0.25) is 0 Å². The fraction of sp³-hybridized carbons (Fsp3) is 0.944. The molecule has 0 N–H and O–H groups in total. The van der Waals surface area contributed by atoms with Gasteiger partial charge in [0.1, 0.15) is 13.2 Å². The van der Waals surface area contributed by atoms with Crippen LogP contribution < -0.4 is 0 Å². The van der Waals surface area contributed by atoms with Crippen molar-refractivity contribution in [3.05, 3.63) is 0 Å². The molecule has 0 aliphatic carbocycles. The van der Waals surface area contributed by atoms with Crippen molar-refractivity contribution in [3.63, 3.8) is 0 Å². The smallest absolute Gasteiger partial charge is 0.306 e. The Morgan fingerprint density at radius 1 is 0.317 bits per heavy atom. The molecule has 1 atom stereocenters. The van der Waals surface area contributed by atoms with Gasteiger partial charge in [-0.3, -0.25) is 14.4 Å². The number of carbonyl (C=O) groups excluding carboxylic acids is 3. The number of carbonyl (C=O) groups is 3. The Morgan fingerprint density at radius 2 is 0.550 bits per heavy atom. The van der Waals surface area contributed by atoms with Crippen LogP contribution in [0.5, 0.6) is 0 Å². The van der Waals surface area contributed by atoms with Gasteiger partial charge in [0.2, 0.25) is 0 Å². The van der Waals surface area contributed by atoms with Crippen LogP contribution in [0, 0.1) is 5.92 Å². The van der Waals surface area contributed by atoms with Crippen molar-refractivity contribution < 1.29 is 28.6 Å². The third-order valence-corrected chi connectivity index (χ3v) is 12.3. The van der Waals surface area contributed by atoms with Gasteiger partial charge in [-0.2, -0.15) is 0 Å². The largest absolute Gasteiger partial charge is 0.462 e. The molecular weight excluding hydrogens is 745 g/mol. The third kappa shape index (κ3) is 47.5. The first-order valence-electron chi connectivity index (χ1n) is 26.9. The molecule has 0 fully saturated rings. The molecule has 0 aliphatic heterocycles. The van der Waals surface area contributed by atoms with Crippen LogP contribution >= 0.6 is 0 Å². The molecule has 6 heteroatoms. The molecule has 0 saturated heterocycles. The fourth-order valence-corrected chi connectivity index (χ4v) is 8.22. The van der Waals surface area contributed by atoms with Crippen LogP contribution in [-0.4, -0.2) is 37.2 Å². The van der Waals surface area contributed by atoms with E-state index in [1.54, 1.807) is 0 Å². The second kappa shape index (κ2) is 48.4. The number of hydrogen-bond acceptors (Lipinski definition) is 6. The SMILES string of the molecule is CCCCCCCCCCCCCCCCCCCCC(=O)O[C@H](COC(=O)CCCCCCCCCCC)COC(=O)CCCCCCCCCCCCCCC(C)C. The van der Waals surface area contributed by atoms with Gasteiger partial charge >= 0.3 is 17.9 Å². The lowest BCUT2D eigenvalue weighted by Gasteiger charge is -2.18. The molecule has 356 valence electrons. The molecule has 0 unspecified atom stereocenters. The molecule has 0 bridgehead atoms. The molecule has 6 nitrogen and oxygen atoms in total. The van der Waals surface area contributed by atoms with Crippen LogP contribution in [0.25, 0.3) is 0 Å². The van der Waals surface area contributed by atoms with Crippen LogP contribution in [-0.2, 0) is 28.6 Å². The Morgan fingerprint density at radius 3 is 0.817 bits per heavy atom. The molecule has 0 aromatic rings. The van der Waals surface area contributed by atoms with Crippen molar-refractivity contribution in [2.75, 3.05) is 13.2 Å². The van der Waals surface area contributed by atoms with E-state index >= 15 is 0 Å². The minimum absolute atomic E-state index is 0.0628. The fourth-order valence-electron chi connectivity index (χ4n) is 8.22. The molecule has 0 aliphatic rings. The Balaban J connectivity index is 4.24. The van der Waals surface area contributed by atoms with Gasteiger partial charge in [-0.25, -0.2) is 0 Å². The van der Waals surface area contributed by atoms with E-state index in [0.29, 0.717) is 19.3 Å². The summed E-state index contributed by atoms with van der Waals surface area (Å²) >= 11 is 0. The van der Waals surface area contributed by atoms with E-state index in [1.165, 1.54) is 199 Å². The van der Waals surface area contributed by atoms with E-state index in [-0.39, 0.29) is 31.1 Å². The summed E-state index contributed by atoms with van der Waals surface area (Å²) in [6.45, 7) is 9.02. The molecule has 0 aromatic carbocycles. The highest BCUT2D eigenvalue weighted by Crippen LogP contribution is 2.17. The highest BCUT2D eigenvalue weighted by molar-refractivity contribution is 5.71. The number of hydrogen-bond donors (Lipinski definition) is 0. The molecule has 0 amide bonds. The molecule has 0 spiro atoms. The molecule has 0 saturated carbocycles. The highest BCUT2D eigenvalue weighted by Gasteiger charge is 2.19. The lowest BCUT2D eigenvalue weighted by molar-refractivity contribution is -0.167. The predicted octanol–water partition coefficient (Wildman–Crippen LogP) is 17.5. The lowest BCUT2D eigenvalue weighted by atomic mass is 10.0. The molecule has 0 heterocycles. The summed E-state index contributed by atoms with van der Waals surface area (Å²) in [5, 5.41) is 0. The van der Waals surface area contributed by atoms with Crippen LogP contribution in [0.15, 0.2) is 0 Å². The predicted molar refractivity (Wildman–Crippen MR) is 257 cm³/mol. The Labute approximate surface area is 374 Å². The van der Waals surface area contributed by atoms with E-state index in [2.05, 4.69) is 27.7 Å². The second-order valence-corrected chi connectivity index (χ2v) is 19.0. The maximum atomic E-state index is 12.8. The number of esters is 3. The van der Waals surface area contributed by atoms with Gasteiger partial charge in [0.25, 0.3) is 0 Å². The van der Waals surface area contributed by atoms with Crippen molar-refractivity contribution in [3.8, 4) is 0 Å². The van der Waals surface area contributed by atoms with Crippen molar-refractivity contribution >= 4 is 17.9 Å². The first kappa shape index (κ1) is 58.4. The summed E-state index contributed by atoms with van der Waals surface area (Å²) in [5.74, 6) is -0.0107. The first-order chi connectivity index (χ1) is 29.4. The van der Waals surface area contributed by atoms with E-state index in [1.807, 2.05) is 0 Å². The van der Waals surface area contributed by atoms with Crippen LogP contribution in [0.1, 0.15) is 304 Å². The molecule has 0 rings (SSSR count). The van der Waals surface area contributed by atoms with Crippen molar-refractivity contribution in [1.29, 1.82) is 0 Å². The zero-order valence-electron chi connectivity index (χ0n) is 40.9. The van der Waals surface area contributed by atoms with Gasteiger partial charge in [0.05, 0.1) is 0 Å². The topological polar surface area (TPSA) is 78.9 Å². The standard InChI is InChI=1S/C54H104O6/c1-5-7-9-11-13-15-16-17-18-19-20-21-22-27-31-35-39-43-47-54(57)60-51(48-58-52(55)45-41-37-33-28-14-12-10-8-6-2)49-59-53(56)46-42-38-34-30-26-24-23-25-29-32-36-40-44-50(3)4/h50-51H,5-49H2,1-4H3/t51-/m1/s1. The van der Waals surface area contributed by atoms with E-state index in [4.69, 9.17) is 14.2 Å². The minimum atomic E-state index is -0.760. The summed E-state index contributed by atoms with van der Waals surface area (Å²) in [5.41, 5.74) is 0. The van der Waals surface area contributed by atoms with Crippen molar-refractivity contribution in [2.24, 2.45) is 5.92 Å². The number of ether oxygens (including phenoxy) is 3. The van der Waals surface area contributed by atoms with Crippen LogP contribution in [0.4, 0.5) is 0 Å². The monoisotopic (exact) mass is 849 g/mol. The normalized spacial score (nSPS) is 11.9. The minimum Gasteiger partial charge on any atom is -0.462 e. The molecule has 0 aromatic heterocycles. The van der Waals surface area contributed by atoms with Gasteiger partial charge < -0.3 is 14.2 Å². The van der Waals surface area contributed by atoms with Crippen molar-refractivity contribution in [1.82, 2.24) is 0 Å². The maximum Gasteiger partial charge on any atom is 0.306 e. The Bertz CT molecular complexity index is 903. The molecular formula is C54H104O6. The van der Waals surface area contributed by atoms with Gasteiger partial charge in [-0.15, -0.1) is 0 Å². The summed E-state index contributed by atoms with van der Waals surface area (Å²) < 4.78 is 16.8. The van der Waals surface area contributed by atoms with E-state index in [0.717, 1.165) is 63.7 Å². The molecule has 60 heavy (non-hydrogen) atoms. The van der Waals surface area contributed by atoms with Crippen LogP contribution in [0.3, 0.4) is 0 Å². The van der Waals surface area contributed by atoms with Gasteiger partial charge in [-0.1, -0.05) is 265 Å². The summed E-state index contributed by atoms with van der Waals surface area (Å²) in [4.78, 5) is 37.9. The summed E-state index contributed by atoms with van der Waals surface area (Å²) in [7, 11) is 0. The average molecular weight is 849 g/mol. The maximum absolute atomic E-state index is 12.8. The lowest BCUT2D eigenvalue weighted by Crippen LogP contribution is -2.30. The highest BCUT2D eigenvalue weighted by atomic mass is 16.6. The second-order valence-electron chi connectivity index (χ2n) is 19.0. The Kier molecular flexibility index (Phi) is 47.2. The summed E-state index contributed by atoms with van der Waals surface area (Å²) in [6, 6.07) is 0. The zero-order valence-corrected chi connectivity index (χ0v) is 40.9. The Hall–Kier alpha value is -1.59. The van der Waals surface area contributed by atoms with Crippen molar-refractivity contribution in [2.45, 2.75) is 310 Å².